The summed E-state index contributed by atoms with van der Waals surface area (Å²) < 4.78 is 5.05. The molecule has 0 aromatic carbocycles. The lowest BCUT2D eigenvalue weighted by atomic mass is 9.97. The molecule has 1 fully saturated rings. The molecule has 21 heavy (non-hydrogen) atoms. The Balaban J connectivity index is 1.67. The largest absolute Gasteiger partial charge is 0.494 e. The molecule has 2 aromatic heterocycles. The number of hydrogen-bond acceptors (Lipinski definition) is 6. The van der Waals surface area contributed by atoms with Crippen molar-refractivity contribution in [3.05, 3.63) is 42.5 Å². The Bertz CT molecular complexity index is 576. The van der Waals surface area contributed by atoms with Crippen molar-refractivity contribution in [2.45, 2.75) is 12.5 Å². The van der Waals surface area contributed by atoms with E-state index in [1.165, 1.54) is 5.56 Å². The van der Waals surface area contributed by atoms with Crippen LogP contribution < -0.4 is 9.64 Å². The molecule has 6 heteroatoms. The molecule has 0 radical (unpaired) electrons. The second-order valence-corrected chi connectivity index (χ2v) is 5.21. The normalized spacial score (nSPS) is 21.5. The van der Waals surface area contributed by atoms with Gasteiger partial charge in [-0.3, -0.25) is 4.98 Å². The van der Waals surface area contributed by atoms with Crippen LogP contribution in [-0.2, 0) is 6.42 Å². The minimum absolute atomic E-state index is 0.179. The Labute approximate surface area is 123 Å². The van der Waals surface area contributed by atoms with Gasteiger partial charge in [-0.2, -0.15) is 0 Å². The van der Waals surface area contributed by atoms with Crippen molar-refractivity contribution in [3.8, 4) is 5.75 Å². The zero-order valence-corrected chi connectivity index (χ0v) is 11.9. The fraction of sp³-hybridized carbons (Fsp3) is 0.400. The first kappa shape index (κ1) is 13.8. The van der Waals surface area contributed by atoms with Gasteiger partial charge in [0.05, 0.1) is 25.6 Å². The first-order valence-corrected chi connectivity index (χ1v) is 6.94. The Hall–Kier alpha value is -2.21. The van der Waals surface area contributed by atoms with E-state index in [4.69, 9.17) is 4.74 Å². The first-order valence-electron chi connectivity index (χ1n) is 6.94. The van der Waals surface area contributed by atoms with Crippen LogP contribution >= 0.6 is 0 Å². The molecule has 6 nitrogen and oxygen atoms in total. The van der Waals surface area contributed by atoms with Crippen LogP contribution in [0.1, 0.15) is 5.56 Å². The Morgan fingerprint density at radius 3 is 2.62 bits per heavy atom. The van der Waals surface area contributed by atoms with Crippen molar-refractivity contribution in [2.24, 2.45) is 5.92 Å². The monoisotopic (exact) mass is 286 g/mol. The Morgan fingerprint density at radius 1 is 1.24 bits per heavy atom. The predicted molar refractivity (Wildman–Crippen MR) is 78.2 cm³/mol. The smallest absolute Gasteiger partial charge is 0.225 e. The summed E-state index contributed by atoms with van der Waals surface area (Å²) in [5.41, 5.74) is 1.19. The number of aliphatic hydroxyl groups is 1. The number of nitrogens with zero attached hydrogens (tertiary/aromatic N) is 4. The van der Waals surface area contributed by atoms with Crippen LogP contribution in [0.15, 0.2) is 36.9 Å². The molecule has 0 saturated carbocycles. The molecule has 110 valence electrons. The second-order valence-electron chi connectivity index (χ2n) is 5.21. The van der Waals surface area contributed by atoms with E-state index in [0.29, 0.717) is 18.2 Å². The summed E-state index contributed by atoms with van der Waals surface area (Å²) in [6.07, 6.45) is 7.30. The van der Waals surface area contributed by atoms with Gasteiger partial charge in [-0.1, -0.05) is 0 Å². The number of β-amino-alcohol motifs (C(OH)–C–C–N with tert-alkyl or cyclic N) is 1. The number of hydrogen-bond donors (Lipinski definition) is 1. The molecule has 1 N–H and O–H groups in total. The quantitative estimate of drug-likeness (QED) is 0.901. The van der Waals surface area contributed by atoms with E-state index >= 15 is 0 Å². The van der Waals surface area contributed by atoms with Crippen molar-refractivity contribution in [3.63, 3.8) is 0 Å². The van der Waals surface area contributed by atoms with Gasteiger partial charge < -0.3 is 14.7 Å². The van der Waals surface area contributed by atoms with Gasteiger partial charge in [-0.05, 0) is 24.1 Å². The van der Waals surface area contributed by atoms with Gasteiger partial charge in [0.1, 0.15) is 0 Å². The first-order chi connectivity index (χ1) is 10.3. The van der Waals surface area contributed by atoms with Gasteiger partial charge in [0, 0.05) is 31.4 Å². The van der Waals surface area contributed by atoms with Crippen LogP contribution in [0.5, 0.6) is 5.75 Å². The summed E-state index contributed by atoms with van der Waals surface area (Å²) >= 11 is 0. The summed E-state index contributed by atoms with van der Waals surface area (Å²) in [6, 6.07) is 3.97. The van der Waals surface area contributed by atoms with Crippen molar-refractivity contribution >= 4 is 5.95 Å². The minimum atomic E-state index is -0.371. The molecule has 1 saturated heterocycles. The average Bonchev–Trinajstić information content (AvgIpc) is 2.89. The highest BCUT2D eigenvalue weighted by molar-refractivity contribution is 5.34. The number of methoxy groups -OCH3 is 1. The third kappa shape index (κ3) is 3.11. The second kappa shape index (κ2) is 6.05. The highest BCUT2D eigenvalue weighted by atomic mass is 16.5. The molecular formula is C15H18N4O2. The maximum atomic E-state index is 10.2. The number of pyridine rings is 1. The van der Waals surface area contributed by atoms with Gasteiger partial charge in [0.2, 0.25) is 5.95 Å². The molecule has 1 aliphatic rings. The molecule has 0 unspecified atom stereocenters. The average molecular weight is 286 g/mol. The zero-order valence-electron chi connectivity index (χ0n) is 11.9. The fourth-order valence-corrected chi connectivity index (χ4v) is 2.62. The van der Waals surface area contributed by atoms with E-state index in [1.54, 1.807) is 31.9 Å². The SMILES string of the molecule is COc1cnc(N2C[C@@H](Cc3ccncc3)[C@@H](O)C2)nc1. The van der Waals surface area contributed by atoms with Crippen molar-refractivity contribution in [1.82, 2.24) is 15.0 Å². The third-order valence-corrected chi connectivity index (χ3v) is 3.79. The number of aromatic nitrogens is 3. The lowest BCUT2D eigenvalue weighted by Gasteiger charge is -2.15. The molecule has 0 amide bonds. The molecule has 3 heterocycles. The Morgan fingerprint density at radius 2 is 1.95 bits per heavy atom. The highest BCUT2D eigenvalue weighted by Crippen LogP contribution is 2.24. The molecule has 0 spiro atoms. The van der Waals surface area contributed by atoms with Crippen LogP contribution in [-0.4, -0.2) is 46.4 Å². The van der Waals surface area contributed by atoms with Gasteiger partial charge in [0.15, 0.2) is 5.75 Å². The number of rotatable bonds is 4. The van der Waals surface area contributed by atoms with E-state index in [9.17, 15) is 5.11 Å². The van der Waals surface area contributed by atoms with Gasteiger partial charge in [-0.25, -0.2) is 9.97 Å². The summed E-state index contributed by atoms with van der Waals surface area (Å²) in [7, 11) is 1.59. The molecule has 0 aliphatic carbocycles. The minimum Gasteiger partial charge on any atom is -0.494 e. The molecule has 3 rings (SSSR count). The standard InChI is InChI=1S/C15H18N4O2/c1-21-13-7-17-15(18-8-13)19-9-12(14(20)10-19)6-11-2-4-16-5-3-11/h2-5,7-8,12,14,20H,6,9-10H2,1H3/t12-,14+/m1/s1. The van der Waals surface area contributed by atoms with Gasteiger partial charge in [0.25, 0.3) is 0 Å². The summed E-state index contributed by atoms with van der Waals surface area (Å²) in [4.78, 5) is 14.6. The molecular weight excluding hydrogens is 268 g/mol. The van der Waals surface area contributed by atoms with Crippen LogP contribution in [0.25, 0.3) is 0 Å². The van der Waals surface area contributed by atoms with E-state index < -0.39 is 0 Å². The molecule has 0 bridgehead atoms. The summed E-state index contributed by atoms with van der Waals surface area (Å²) in [5, 5.41) is 10.2. The number of aliphatic hydroxyl groups excluding tert-OH is 1. The highest BCUT2D eigenvalue weighted by Gasteiger charge is 2.32. The van der Waals surface area contributed by atoms with Crippen molar-refractivity contribution in [1.29, 1.82) is 0 Å². The van der Waals surface area contributed by atoms with Gasteiger partial charge >= 0.3 is 0 Å². The van der Waals surface area contributed by atoms with E-state index in [2.05, 4.69) is 15.0 Å². The maximum Gasteiger partial charge on any atom is 0.225 e. The zero-order chi connectivity index (χ0) is 14.7. The van der Waals surface area contributed by atoms with E-state index in [-0.39, 0.29) is 12.0 Å². The third-order valence-electron chi connectivity index (χ3n) is 3.79. The van der Waals surface area contributed by atoms with Gasteiger partial charge in [-0.15, -0.1) is 0 Å². The fourth-order valence-electron chi connectivity index (χ4n) is 2.62. The van der Waals surface area contributed by atoms with Crippen molar-refractivity contribution in [2.75, 3.05) is 25.1 Å². The summed E-state index contributed by atoms with van der Waals surface area (Å²) in [5.74, 6) is 1.44. The van der Waals surface area contributed by atoms with Crippen LogP contribution in [0.3, 0.4) is 0 Å². The predicted octanol–water partition coefficient (Wildman–Crippen LogP) is 0.920. The van der Waals surface area contributed by atoms with Crippen LogP contribution in [0, 0.1) is 5.92 Å². The van der Waals surface area contributed by atoms with Crippen LogP contribution in [0.4, 0.5) is 5.95 Å². The molecule has 1 aliphatic heterocycles. The lowest BCUT2D eigenvalue weighted by Crippen LogP contribution is -2.23. The number of anilines is 1. The lowest BCUT2D eigenvalue weighted by molar-refractivity contribution is 0.148. The topological polar surface area (TPSA) is 71.4 Å². The molecule has 2 aromatic rings. The van der Waals surface area contributed by atoms with E-state index in [0.717, 1.165) is 13.0 Å². The summed E-state index contributed by atoms with van der Waals surface area (Å²) in [6.45, 7) is 1.30. The van der Waals surface area contributed by atoms with Crippen molar-refractivity contribution < 1.29 is 9.84 Å². The van der Waals surface area contributed by atoms with Crippen LogP contribution in [0.2, 0.25) is 0 Å². The molecule has 2 atom stereocenters. The number of ether oxygens (including phenoxy) is 1. The Kier molecular flexibility index (Phi) is 3.96. The maximum absolute atomic E-state index is 10.2. The van der Waals surface area contributed by atoms with E-state index in [1.807, 2.05) is 17.0 Å².